The van der Waals surface area contributed by atoms with E-state index in [1.807, 2.05) is 30.3 Å². The number of likely N-dealkylation sites (N-methyl/N-ethyl adjacent to an activating group) is 1. The van der Waals surface area contributed by atoms with Crippen molar-refractivity contribution in [3.8, 4) is 0 Å². The molecule has 4 nitrogen and oxygen atoms in total. The fourth-order valence-corrected chi connectivity index (χ4v) is 3.16. The topological polar surface area (TPSA) is 58.4 Å². The lowest BCUT2D eigenvalue weighted by molar-refractivity contribution is -0.122. The number of nitrogens with zero attached hydrogens (tertiary/aromatic N) is 1. The van der Waals surface area contributed by atoms with Crippen LogP contribution >= 0.6 is 24.8 Å². The number of halogens is 2. The van der Waals surface area contributed by atoms with Crippen LogP contribution in [0.25, 0.3) is 0 Å². The van der Waals surface area contributed by atoms with Crippen LogP contribution in [0.1, 0.15) is 31.2 Å². The molecule has 23 heavy (non-hydrogen) atoms. The van der Waals surface area contributed by atoms with Gasteiger partial charge in [-0.2, -0.15) is 0 Å². The zero-order valence-corrected chi connectivity index (χ0v) is 15.6. The first-order valence-corrected chi connectivity index (χ1v) is 7.78. The van der Waals surface area contributed by atoms with E-state index in [1.165, 1.54) is 12.8 Å². The van der Waals surface area contributed by atoms with Gasteiger partial charge in [0.2, 0.25) is 5.91 Å². The van der Waals surface area contributed by atoms with Crippen molar-refractivity contribution >= 4 is 30.7 Å². The molecule has 0 bridgehead atoms. The second-order valence-corrected chi connectivity index (χ2v) is 6.34. The molecule has 0 saturated heterocycles. The van der Waals surface area contributed by atoms with E-state index in [9.17, 15) is 4.79 Å². The maximum absolute atomic E-state index is 12.2. The van der Waals surface area contributed by atoms with E-state index in [1.54, 1.807) is 0 Å². The minimum Gasteiger partial charge on any atom is -0.353 e. The number of amides is 1. The molecule has 1 atom stereocenters. The van der Waals surface area contributed by atoms with Gasteiger partial charge in [0.25, 0.3) is 0 Å². The molecule has 0 radical (unpaired) electrons. The first-order valence-electron chi connectivity index (χ1n) is 7.78. The Labute approximate surface area is 152 Å². The number of carbonyl (C=O) groups is 1. The first-order chi connectivity index (χ1) is 10.0. The van der Waals surface area contributed by atoms with E-state index in [0.29, 0.717) is 13.0 Å². The van der Waals surface area contributed by atoms with Crippen molar-refractivity contribution in [3.05, 3.63) is 35.9 Å². The third kappa shape index (κ3) is 5.96. The van der Waals surface area contributed by atoms with Gasteiger partial charge in [0.1, 0.15) is 0 Å². The lowest BCUT2D eigenvalue weighted by Gasteiger charge is -2.36. The summed E-state index contributed by atoms with van der Waals surface area (Å²) in [7, 11) is 4.20. The van der Waals surface area contributed by atoms with Gasteiger partial charge >= 0.3 is 0 Å². The average Bonchev–Trinajstić information content (AvgIpc) is 2.96. The van der Waals surface area contributed by atoms with Crippen LogP contribution in [0.5, 0.6) is 0 Å². The second kappa shape index (κ2) is 10.1. The summed E-state index contributed by atoms with van der Waals surface area (Å²) in [5.41, 5.74) is 7.24. The molecule has 0 aliphatic heterocycles. The number of carbonyl (C=O) groups excluding carboxylic acids is 1. The number of hydrogen-bond donors (Lipinski definition) is 2. The number of rotatable bonds is 6. The van der Waals surface area contributed by atoms with Crippen LogP contribution < -0.4 is 11.1 Å². The van der Waals surface area contributed by atoms with Gasteiger partial charge in [0, 0.05) is 12.1 Å². The normalized spacial score (nSPS) is 17.0. The Morgan fingerprint density at radius 2 is 1.78 bits per heavy atom. The molecule has 1 aliphatic rings. The first kappa shape index (κ1) is 22.2. The average molecular weight is 362 g/mol. The van der Waals surface area contributed by atoms with E-state index in [4.69, 9.17) is 5.73 Å². The Morgan fingerprint density at radius 1 is 1.22 bits per heavy atom. The van der Waals surface area contributed by atoms with Crippen molar-refractivity contribution in [2.24, 2.45) is 5.73 Å². The van der Waals surface area contributed by atoms with E-state index in [2.05, 4.69) is 24.3 Å². The van der Waals surface area contributed by atoms with Crippen LogP contribution in [0.15, 0.2) is 30.3 Å². The van der Waals surface area contributed by atoms with Crippen LogP contribution in [0.3, 0.4) is 0 Å². The van der Waals surface area contributed by atoms with E-state index in [-0.39, 0.29) is 36.3 Å². The zero-order valence-electron chi connectivity index (χ0n) is 14.0. The van der Waals surface area contributed by atoms with Gasteiger partial charge in [-0.3, -0.25) is 4.79 Å². The Hall–Kier alpha value is -0.810. The van der Waals surface area contributed by atoms with Crippen molar-refractivity contribution in [1.29, 1.82) is 0 Å². The minimum absolute atomic E-state index is 0. The number of nitrogens with two attached hydrogens (primary N) is 1. The van der Waals surface area contributed by atoms with Crippen molar-refractivity contribution < 1.29 is 4.79 Å². The number of nitrogens with one attached hydrogen (secondary N) is 1. The highest BCUT2D eigenvalue weighted by Crippen LogP contribution is 2.33. The molecule has 1 aromatic carbocycles. The van der Waals surface area contributed by atoms with E-state index < -0.39 is 6.04 Å². The van der Waals surface area contributed by atoms with Crippen molar-refractivity contribution in [3.63, 3.8) is 0 Å². The Kier molecular flexibility index (Phi) is 9.78. The third-order valence-corrected chi connectivity index (χ3v) is 4.71. The standard InChI is InChI=1S/C17H27N3O.2ClH/c1-20(2)17(10-6-7-11-17)13-19-16(21)15(18)12-14-8-4-3-5-9-14;;/h3-5,8-9,15H,6-7,10-13,18H2,1-2H3,(H,19,21);2*1H. The summed E-state index contributed by atoms with van der Waals surface area (Å²) in [6, 6.07) is 9.44. The highest BCUT2D eigenvalue weighted by atomic mass is 35.5. The summed E-state index contributed by atoms with van der Waals surface area (Å²) < 4.78 is 0. The lowest BCUT2D eigenvalue weighted by Crippen LogP contribution is -2.53. The van der Waals surface area contributed by atoms with Gasteiger partial charge in [-0.1, -0.05) is 43.2 Å². The number of benzene rings is 1. The maximum atomic E-state index is 12.2. The summed E-state index contributed by atoms with van der Waals surface area (Å²) in [5.74, 6) is -0.0491. The quantitative estimate of drug-likeness (QED) is 0.817. The maximum Gasteiger partial charge on any atom is 0.237 e. The smallest absolute Gasteiger partial charge is 0.237 e. The summed E-state index contributed by atoms with van der Waals surface area (Å²) in [4.78, 5) is 14.5. The summed E-state index contributed by atoms with van der Waals surface area (Å²) >= 11 is 0. The van der Waals surface area contributed by atoms with Crippen LogP contribution in [-0.4, -0.2) is 43.0 Å². The SMILES string of the molecule is CN(C)C1(CNC(=O)C(N)Cc2ccccc2)CCCC1.Cl.Cl. The molecule has 1 unspecified atom stereocenters. The van der Waals surface area contributed by atoms with E-state index in [0.717, 1.165) is 18.4 Å². The highest BCUT2D eigenvalue weighted by Gasteiger charge is 2.36. The van der Waals surface area contributed by atoms with Crippen molar-refractivity contribution in [2.45, 2.75) is 43.7 Å². The van der Waals surface area contributed by atoms with Crippen LogP contribution in [0.2, 0.25) is 0 Å². The highest BCUT2D eigenvalue weighted by molar-refractivity contribution is 5.85. The predicted molar refractivity (Wildman–Crippen MR) is 101 cm³/mol. The van der Waals surface area contributed by atoms with Crippen LogP contribution in [0.4, 0.5) is 0 Å². The monoisotopic (exact) mass is 361 g/mol. The summed E-state index contributed by atoms with van der Waals surface area (Å²) in [6.45, 7) is 0.696. The molecular formula is C17H29Cl2N3O. The molecule has 132 valence electrons. The molecular weight excluding hydrogens is 333 g/mol. The Morgan fingerprint density at radius 3 is 2.30 bits per heavy atom. The van der Waals surface area contributed by atoms with Crippen LogP contribution in [-0.2, 0) is 11.2 Å². The number of hydrogen-bond acceptors (Lipinski definition) is 3. The van der Waals surface area contributed by atoms with Crippen molar-refractivity contribution in [2.75, 3.05) is 20.6 Å². The molecule has 1 amide bonds. The molecule has 1 aliphatic carbocycles. The summed E-state index contributed by atoms with van der Waals surface area (Å²) in [6.07, 6.45) is 5.36. The molecule has 0 aromatic heterocycles. The van der Waals surface area contributed by atoms with Crippen molar-refractivity contribution in [1.82, 2.24) is 10.2 Å². The van der Waals surface area contributed by atoms with Gasteiger partial charge in [0.15, 0.2) is 0 Å². The van der Waals surface area contributed by atoms with E-state index >= 15 is 0 Å². The lowest BCUT2D eigenvalue weighted by atomic mass is 9.95. The summed E-state index contributed by atoms with van der Waals surface area (Å²) in [5, 5.41) is 3.06. The molecule has 2 rings (SSSR count). The Balaban J connectivity index is 0.00000242. The molecule has 1 saturated carbocycles. The largest absolute Gasteiger partial charge is 0.353 e. The van der Waals surface area contributed by atoms with Crippen LogP contribution in [0, 0.1) is 0 Å². The Bertz CT molecular complexity index is 462. The van der Waals surface area contributed by atoms with Gasteiger partial charge in [-0.15, -0.1) is 24.8 Å². The molecule has 3 N–H and O–H groups in total. The molecule has 1 aromatic rings. The fourth-order valence-electron chi connectivity index (χ4n) is 3.16. The molecule has 0 spiro atoms. The van der Waals surface area contributed by atoms with Gasteiger partial charge in [0.05, 0.1) is 6.04 Å². The molecule has 0 heterocycles. The zero-order chi connectivity index (χ0) is 15.3. The fraction of sp³-hybridized carbons (Fsp3) is 0.588. The third-order valence-electron chi connectivity index (χ3n) is 4.71. The molecule has 6 heteroatoms. The van der Waals surface area contributed by atoms with Gasteiger partial charge in [-0.25, -0.2) is 0 Å². The predicted octanol–water partition coefficient (Wildman–Crippen LogP) is 2.39. The van der Waals surface area contributed by atoms with Gasteiger partial charge < -0.3 is 16.0 Å². The second-order valence-electron chi connectivity index (χ2n) is 6.34. The molecule has 1 fully saturated rings. The minimum atomic E-state index is -0.479. The van der Waals surface area contributed by atoms with Gasteiger partial charge in [-0.05, 0) is 38.9 Å².